The molecular weight excluding hydrogens is 114 g/mol. The highest BCUT2D eigenvalue weighted by Gasteiger charge is 2.04. The van der Waals surface area contributed by atoms with Gasteiger partial charge < -0.3 is 5.32 Å². The number of carbonyl (C=O) groups is 1. The Bertz CT molecular complexity index is 82.9. The first-order valence-corrected chi connectivity index (χ1v) is 3.12. The first-order valence-electron chi connectivity index (χ1n) is 3.12. The monoisotopic (exact) mass is 127 g/mol. The van der Waals surface area contributed by atoms with Crippen LogP contribution in [0.25, 0.3) is 0 Å². The van der Waals surface area contributed by atoms with Gasteiger partial charge in [0.15, 0.2) is 0 Å². The van der Waals surface area contributed by atoms with Crippen molar-refractivity contribution in [2.24, 2.45) is 0 Å². The molecule has 0 bridgehead atoms. The second kappa shape index (κ2) is 5.51. The Morgan fingerprint density at radius 2 is 1.67 bits per heavy atom. The van der Waals surface area contributed by atoms with Gasteiger partial charge in [0.2, 0.25) is 0 Å². The van der Waals surface area contributed by atoms with E-state index in [-0.39, 0.29) is 0 Å². The zero-order chi connectivity index (χ0) is 7.11. The van der Waals surface area contributed by atoms with Gasteiger partial charge in [-0.3, -0.25) is 4.79 Å². The number of hydrogen-bond donors (Lipinski definition) is 1. The highest BCUT2D eigenvalue weighted by atomic mass is 16.1. The number of carbonyl (C=O) groups excluding carboxylic acids is 1. The van der Waals surface area contributed by atoms with Crippen LogP contribution in [-0.2, 0) is 4.79 Å². The topological polar surface area (TPSA) is 29.1 Å². The van der Waals surface area contributed by atoms with Gasteiger partial charge in [-0.25, -0.2) is 0 Å². The van der Waals surface area contributed by atoms with Crippen molar-refractivity contribution in [2.45, 2.75) is 12.8 Å². The van der Waals surface area contributed by atoms with Crippen LogP contribution < -0.4 is 5.32 Å². The van der Waals surface area contributed by atoms with Crippen LogP contribution in [0, 0.1) is 0 Å². The number of hydrogen-bond acceptors (Lipinski definition) is 2. The van der Waals surface area contributed by atoms with E-state index in [0.717, 1.165) is 25.9 Å². The molecule has 1 N–H and O–H groups in total. The molecule has 9 heavy (non-hydrogen) atoms. The van der Waals surface area contributed by atoms with Crippen LogP contribution in [0.15, 0.2) is 13.2 Å². The lowest BCUT2D eigenvalue weighted by molar-refractivity contribution is -0.119. The number of piperidine rings is 1. The lowest BCUT2D eigenvalue weighted by Crippen LogP contribution is -2.27. The summed E-state index contributed by atoms with van der Waals surface area (Å²) in [4.78, 5) is 10.4. The summed E-state index contributed by atoms with van der Waals surface area (Å²) in [6.45, 7) is 7.78. The van der Waals surface area contributed by atoms with E-state index < -0.39 is 0 Å². The molecule has 0 amide bonds. The zero-order valence-corrected chi connectivity index (χ0v) is 5.65. The van der Waals surface area contributed by atoms with Crippen molar-refractivity contribution in [3.8, 4) is 0 Å². The Morgan fingerprint density at radius 3 is 1.89 bits per heavy atom. The van der Waals surface area contributed by atoms with Crippen molar-refractivity contribution in [2.75, 3.05) is 13.1 Å². The minimum Gasteiger partial charge on any atom is -0.316 e. The molecule has 1 aliphatic rings. The second-order valence-electron chi connectivity index (χ2n) is 1.79. The van der Waals surface area contributed by atoms with E-state index >= 15 is 0 Å². The molecule has 0 aromatic heterocycles. The molecule has 1 saturated heterocycles. The molecule has 1 rings (SSSR count). The van der Waals surface area contributed by atoms with Gasteiger partial charge in [0.25, 0.3) is 0 Å². The van der Waals surface area contributed by atoms with E-state index in [9.17, 15) is 4.79 Å². The van der Waals surface area contributed by atoms with E-state index in [0.29, 0.717) is 5.78 Å². The lowest BCUT2D eigenvalue weighted by Gasteiger charge is -2.08. The molecule has 2 heteroatoms. The smallest absolute Gasteiger partial charge is 0.135 e. The first-order chi connectivity index (χ1) is 4.39. The maximum Gasteiger partial charge on any atom is 0.135 e. The molecule has 52 valence electrons. The Kier molecular flexibility index (Phi) is 5.12. The van der Waals surface area contributed by atoms with Crippen LogP contribution in [0.2, 0.25) is 0 Å². The van der Waals surface area contributed by atoms with Crippen molar-refractivity contribution in [1.29, 1.82) is 0 Å². The summed E-state index contributed by atoms with van der Waals surface area (Å²) in [5.74, 6) is 0.402. The fourth-order valence-electron chi connectivity index (χ4n) is 0.706. The van der Waals surface area contributed by atoms with E-state index in [1.165, 1.54) is 0 Å². The summed E-state index contributed by atoms with van der Waals surface area (Å²) >= 11 is 0. The van der Waals surface area contributed by atoms with Gasteiger partial charge in [-0.2, -0.15) is 0 Å². The van der Waals surface area contributed by atoms with Gasteiger partial charge >= 0.3 is 0 Å². The van der Waals surface area contributed by atoms with Crippen molar-refractivity contribution in [3.63, 3.8) is 0 Å². The first kappa shape index (κ1) is 8.37. The molecule has 0 aliphatic carbocycles. The quantitative estimate of drug-likeness (QED) is 0.486. The molecule has 2 nitrogen and oxygen atoms in total. The van der Waals surface area contributed by atoms with Gasteiger partial charge in [-0.05, 0) is 0 Å². The standard InChI is InChI=1S/C5H9NO.C2H4/c7-5-1-3-6-4-2-5;1-2/h6H,1-4H2;1-2H2. The van der Waals surface area contributed by atoms with Crippen molar-refractivity contribution in [3.05, 3.63) is 13.2 Å². The van der Waals surface area contributed by atoms with Crippen LogP contribution in [0.5, 0.6) is 0 Å². The summed E-state index contributed by atoms with van der Waals surface area (Å²) in [6, 6.07) is 0. The molecule has 0 atom stereocenters. The Labute approximate surface area is 56.0 Å². The number of Topliss-reactive ketones (excluding diaryl/α,β-unsaturated/α-hetero) is 1. The number of rotatable bonds is 0. The number of ketones is 1. The van der Waals surface area contributed by atoms with E-state index in [1.54, 1.807) is 0 Å². The van der Waals surface area contributed by atoms with Crippen LogP contribution >= 0.6 is 0 Å². The summed E-state index contributed by atoms with van der Waals surface area (Å²) in [5.41, 5.74) is 0. The maximum atomic E-state index is 10.4. The molecule has 0 spiro atoms. The normalized spacial score (nSPS) is 18.0. The fraction of sp³-hybridized carbons (Fsp3) is 0.571. The van der Waals surface area contributed by atoms with Crippen molar-refractivity contribution >= 4 is 5.78 Å². The van der Waals surface area contributed by atoms with Gasteiger partial charge in [-0.15, -0.1) is 13.2 Å². The average Bonchev–Trinajstić information content (AvgIpc) is 1.94. The molecule has 0 radical (unpaired) electrons. The third-order valence-corrected chi connectivity index (χ3v) is 1.16. The minimum absolute atomic E-state index is 0.402. The number of nitrogens with one attached hydrogen (secondary N) is 1. The minimum atomic E-state index is 0.402. The molecule has 0 saturated carbocycles. The zero-order valence-electron chi connectivity index (χ0n) is 5.65. The third kappa shape index (κ3) is 3.91. The van der Waals surface area contributed by atoms with Crippen molar-refractivity contribution in [1.82, 2.24) is 5.32 Å². The van der Waals surface area contributed by atoms with Crippen LogP contribution in [-0.4, -0.2) is 18.9 Å². The predicted molar refractivity (Wildman–Crippen MR) is 38.4 cm³/mol. The second-order valence-corrected chi connectivity index (χ2v) is 1.79. The molecule has 1 heterocycles. The van der Waals surface area contributed by atoms with E-state index in [4.69, 9.17) is 0 Å². The third-order valence-electron chi connectivity index (χ3n) is 1.16. The van der Waals surface area contributed by atoms with Crippen LogP contribution in [0.1, 0.15) is 12.8 Å². The largest absolute Gasteiger partial charge is 0.316 e. The van der Waals surface area contributed by atoms with Gasteiger partial charge in [0.1, 0.15) is 5.78 Å². The van der Waals surface area contributed by atoms with E-state index in [1.807, 2.05) is 0 Å². The summed E-state index contributed by atoms with van der Waals surface area (Å²) in [7, 11) is 0. The Hall–Kier alpha value is -0.630. The van der Waals surface area contributed by atoms with Gasteiger partial charge in [0.05, 0.1) is 0 Å². The predicted octanol–water partition coefficient (Wildman–Crippen LogP) is 0.741. The van der Waals surface area contributed by atoms with E-state index in [2.05, 4.69) is 18.5 Å². The van der Waals surface area contributed by atoms with Crippen LogP contribution in [0.3, 0.4) is 0 Å². The van der Waals surface area contributed by atoms with Crippen molar-refractivity contribution < 1.29 is 4.79 Å². The van der Waals surface area contributed by atoms with Gasteiger partial charge in [-0.1, -0.05) is 0 Å². The highest BCUT2D eigenvalue weighted by Crippen LogP contribution is 1.91. The summed E-state index contributed by atoms with van der Waals surface area (Å²) in [6.07, 6.45) is 1.47. The fourth-order valence-corrected chi connectivity index (χ4v) is 0.706. The van der Waals surface area contributed by atoms with Crippen LogP contribution in [0.4, 0.5) is 0 Å². The summed E-state index contributed by atoms with van der Waals surface area (Å²) < 4.78 is 0. The van der Waals surface area contributed by atoms with Gasteiger partial charge in [0, 0.05) is 25.9 Å². The molecule has 1 aliphatic heterocycles. The molecule has 0 aromatic rings. The Balaban J connectivity index is 0.000000291. The SMILES string of the molecule is C=C.O=C1CCNCC1. The molecular formula is C7H13NO. The average molecular weight is 127 g/mol. The molecule has 0 unspecified atom stereocenters. The highest BCUT2D eigenvalue weighted by molar-refractivity contribution is 5.79. The summed E-state index contributed by atoms with van der Waals surface area (Å²) in [5, 5.41) is 3.09. The maximum absolute atomic E-state index is 10.4. The Morgan fingerprint density at radius 1 is 1.22 bits per heavy atom. The lowest BCUT2D eigenvalue weighted by atomic mass is 10.1. The molecule has 1 fully saturated rings. The molecule has 0 aromatic carbocycles.